The number of rotatable bonds is 4. The molecule has 1 aliphatic carbocycles. The monoisotopic (exact) mass is 420 g/mol. The van der Waals surface area contributed by atoms with E-state index in [1.165, 1.54) is 29.5 Å². The van der Waals surface area contributed by atoms with Crippen LogP contribution in [0.3, 0.4) is 0 Å². The molecule has 2 heteroatoms. The molecular weight excluding hydrogens is 388 g/mol. The van der Waals surface area contributed by atoms with Gasteiger partial charge in [0.05, 0.1) is 11.2 Å². The summed E-state index contributed by atoms with van der Waals surface area (Å²) < 4.78 is 0. The smallest absolute Gasteiger partial charge is 0.160 e. The normalized spacial score (nSPS) is 13.6. The second-order valence-corrected chi connectivity index (χ2v) is 7.97. The Labute approximate surface area is 192 Å². The van der Waals surface area contributed by atoms with Gasteiger partial charge in [0.25, 0.3) is 0 Å². The molecule has 4 rings (SSSR count). The zero-order valence-electron chi connectivity index (χ0n) is 19.6. The third-order valence-corrected chi connectivity index (χ3v) is 5.41. The number of aromatic nitrogens is 2. The number of allylic oxidation sites excluding steroid dienone is 9. The third kappa shape index (κ3) is 5.59. The Hall–Kier alpha value is -3.52. The van der Waals surface area contributed by atoms with Gasteiger partial charge in [0.2, 0.25) is 0 Å². The van der Waals surface area contributed by atoms with Gasteiger partial charge in [-0.15, -0.1) is 0 Å². The van der Waals surface area contributed by atoms with E-state index in [1.54, 1.807) is 6.08 Å². The Bertz CT molecular complexity index is 1220. The van der Waals surface area contributed by atoms with Crippen LogP contribution >= 0.6 is 0 Å². The van der Waals surface area contributed by atoms with Crippen molar-refractivity contribution in [3.8, 4) is 11.3 Å². The minimum Gasteiger partial charge on any atom is -0.228 e. The van der Waals surface area contributed by atoms with Crippen LogP contribution in [0, 0.1) is 13.8 Å². The van der Waals surface area contributed by atoms with E-state index in [2.05, 4.69) is 82.0 Å². The average Bonchev–Trinajstić information content (AvgIpc) is 2.80. The van der Waals surface area contributed by atoms with Crippen molar-refractivity contribution >= 4 is 16.5 Å². The molecule has 1 aromatic heterocycles. The molecule has 0 fully saturated rings. The first-order valence-corrected chi connectivity index (χ1v) is 11.2. The highest BCUT2D eigenvalue weighted by atomic mass is 14.9. The molecule has 0 saturated carbocycles. The molecule has 162 valence electrons. The van der Waals surface area contributed by atoms with E-state index in [9.17, 15) is 0 Å². The fourth-order valence-electron chi connectivity index (χ4n) is 3.77. The van der Waals surface area contributed by atoms with Gasteiger partial charge >= 0.3 is 0 Å². The standard InChI is InChI=1S/C23H22N2.C7H10/c1-5-10-18(11-6-2)23-24-20-15-9-13-17(4)21(20)22(25-23)19-14-8-7-12-16(19)3;1-7-5-3-2-4-6-7/h5-15H,1H2,2-4H3;3,5-6H,2,4H2,1H3/b11-6-,18-10+;. The fraction of sp³-hybridized carbons (Fsp3) is 0.200. The molecule has 0 saturated heterocycles. The Morgan fingerprint density at radius 1 is 0.938 bits per heavy atom. The zero-order valence-corrected chi connectivity index (χ0v) is 19.6. The fourth-order valence-corrected chi connectivity index (χ4v) is 3.77. The van der Waals surface area contributed by atoms with Gasteiger partial charge in [-0.05, 0) is 57.7 Å². The summed E-state index contributed by atoms with van der Waals surface area (Å²) in [5, 5.41) is 1.11. The van der Waals surface area contributed by atoms with Gasteiger partial charge in [-0.25, -0.2) is 9.97 Å². The Morgan fingerprint density at radius 3 is 2.34 bits per heavy atom. The van der Waals surface area contributed by atoms with Crippen molar-refractivity contribution in [1.82, 2.24) is 9.97 Å². The lowest BCUT2D eigenvalue weighted by Gasteiger charge is -2.13. The number of fused-ring (bicyclic) bond motifs is 1. The second-order valence-electron chi connectivity index (χ2n) is 7.97. The molecular formula is C30H32N2. The minimum atomic E-state index is 0.717. The van der Waals surface area contributed by atoms with Gasteiger partial charge in [-0.2, -0.15) is 0 Å². The van der Waals surface area contributed by atoms with E-state index in [0.717, 1.165) is 27.7 Å². The average molecular weight is 421 g/mol. The van der Waals surface area contributed by atoms with Gasteiger partial charge < -0.3 is 0 Å². The molecule has 3 aromatic rings. The number of hydrogen-bond donors (Lipinski definition) is 0. The van der Waals surface area contributed by atoms with Crippen LogP contribution in [-0.2, 0) is 0 Å². The number of benzene rings is 2. The number of hydrogen-bond acceptors (Lipinski definition) is 2. The summed E-state index contributed by atoms with van der Waals surface area (Å²) in [6.07, 6.45) is 16.8. The maximum absolute atomic E-state index is 4.95. The van der Waals surface area contributed by atoms with Crippen molar-refractivity contribution in [3.63, 3.8) is 0 Å². The summed E-state index contributed by atoms with van der Waals surface area (Å²) in [5.41, 5.74) is 7.84. The SMILES string of the molecule is C=C/C=C(\C=C/C)c1nc(-c2ccccc2C)c2c(C)cccc2n1.CC1=CCCC=C1. The van der Waals surface area contributed by atoms with Gasteiger partial charge in [0.1, 0.15) is 0 Å². The summed E-state index contributed by atoms with van der Waals surface area (Å²) >= 11 is 0. The molecule has 0 bridgehead atoms. The first-order valence-electron chi connectivity index (χ1n) is 11.2. The van der Waals surface area contributed by atoms with E-state index in [4.69, 9.17) is 9.97 Å². The van der Waals surface area contributed by atoms with E-state index in [0.29, 0.717) is 5.82 Å². The Balaban J connectivity index is 0.000000352. The molecule has 0 aliphatic heterocycles. The largest absolute Gasteiger partial charge is 0.228 e. The molecule has 1 aliphatic rings. The lowest BCUT2D eigenvalue weighted by atomic mass is 9.99. The van der Waals surface area contributed by atoms with Crippen LogP contribution in [0.4, 0.5) is 0 Å². The molecule has 2 nitrogen and oxygen atoms in total. The van der Waals surface area contributed by atoms with Crippen molar-refractivity contribution in [2.75, 3.05) is 0 Å². The highest BCUT2D eigenvalue weighted by Crippen LogP contribution is 2.32. The van der Waals surface area contributed by atoms with Crippen LogP contribution in [0.25, 0.3) is 27.7 Å². The van der Waals surface area contributed by atoms with Crippen molar-refractivity contribution in [1.29, 1.82) is 0 Å². The van der Waals surface area contributed by atoms with Gasteiger partial charge in [-0.1, -0.05) is 91.1 Å². The summed E-state index contributed by atoms with van der Waals surface area (Å²) in [7, 11) is 0. The first kappa shape index (κ1) is 23.1. The van der Waals surface area contributed by atoms with Crippen LogP contribution in [0.1, 0.15) is 43.6 Å². The molecule has 0 radical (unpaired) electrons. The second kappa shape index (κ2) is 11.2. The van der Waals surface area contributed by atoms with Crippen LogP contribution in [0.5, 0.6) is 0 Å². The highest BCUT2D eigenvalue weighted by Gasteiger charge is 2.14. The molecule has 0 spiro atoms. The summed E-state index contributed by atoms with van der Waals surface area (Å²) in [5.74, 6) is 0.717. The maximum atomic E-state index is 4.95. The molecule has 0 amide bonds. The predicted molar refractivity (Wildman–Crippen MR) is 140 cm³/mol. The lowest BCUT2D eigenvalue weighted by molar-refractivity contribution is 1.02. The third-order valence-electron chi connectivity index (χ3n) is 5.41. The molecule has 0 atom stereocenters. The maximum Gasteiger partial charge on any atom is 0.160 e. The first-order chi connectivity index (χ1) is 15.5. The lowest BCUT2D eigenvalue weighted by Crippen LogP contribution is -2.00. The van der Waals surface area contributed by atoms with Crippen molar-refractivity contribution in [2.45, 2.75) is 40.5 Å². The van der Waals surface area contributed by atoms with E-state index < -0.39 is 0 Å². The summed E-state index contributed by atoms with van der Waals surface area (Å²) in [4.78, 5) is 9.76. The van der Waals surface area contributed by atoms with Crippen LogP contribution in [-0.4, -0.2) is 9.97 Å². The minimum absolute atomic E-state index is 0.717. The Morgan fingerprint density at radius 2 is 1.72 bits per heavy atom. The van der Waals surface area contributed by atoms with E-state index in [1.807, 2.05) is 31.2 Å². The van der Waals surface area contributed by atoms with Crippen molar-refractivity contribution in [3.05, 3.63) is 114 Å². The zero-order chi connectivity index (χ0) is 22.9. The van der Waals surface area contributed by atoms with E-state index >= 15 is 0 Å². The quantitative estimate of drug-likeness (QED) is 0.396. The van der Waals surface area contributed by atoms with Crippen molar-refractivity contribution < 1.29 is 0 Å². The van der Waals surface area contributed by atoms with Crippen LogP contribution in [0.15, 0.2) is 97.1 Å². The van der Waals surface area contributed by atoms with Crippen LogP contribution < -0.4 is 0 Å². The topological polar surface area (TPSA) is 25.8 Å². The Kier molecular flexibility index (Phi) is 8.10. The molecule has 0 unspecified atom stereocenters. The molecule has 32 heavy (non-hydrogen) atoms. The van der Waals surface area contributed by atoms with Gasteiger partial charge in [-0.3, -0.25) is 0 Å². The predicted octanol–water partition coefficient (Wildman–Crippen LogP) is 8.34. The van der Waals surface area contributed by atoms with E-state index in [-0.39, 0.29) is 0 Å². The molecule has 2 aromatic carbocycles. The molecule has 1 heterocycles. The highest BCUT2D eigenvalue weighted by molar-refractivity contribution is 5.96. The summed E-state index contributed by atoms with van der Waals surface area (Å²) in [6.45, 7) is 12.2. The van der Waals surface area contributed by atoms with Gasteiger partial charge in [0.15, 0.2) is 5.82 Å². The summed E-state index contributed by atoms with van der Waals surface area (Å²) in [6, 6.07) is 14.6. The van der Waals surface area contributed by atoms with Gasteiger partial charge in [0, 0.05) is 16.5 Å². The number of aryl methyl sites for hydroxylation is 2. The van der Waals surface area contributed by atoms with Crippen LogP contribution in [0.2, 0.25) is 0 Å². The number of nitrogens with zero attached hydrogens (tertiary/aromatic N) is 2. The van der Waals surface area contributed by atoms with Crippen molar-refractivity contribution in [2.24, 2.45) is 0 Å². The molecule has 0 N–H and O–H groups in total.